The SMILES string of the molecule is COCCO[C@@H](Cn1c(=O)n(C(C)C(=O)NC(C)C)c(=O)c2c(C)c(-n3nccn3)sc21)c1cc(F)ccc1OC. The molecule has 41 heavy (non-hydrogen) atoms. The van der Waals surface area contributed by atoms with Gasteiger partial charge in [-0.2, -0.15) is 10.2 Å². The third-order valence-corrected chi connectivity index (χ3v) is 7.79. The first-order valence-corrected chi connectivity index (χ1v) is 13.8. The Balaban J connectivity index is 1.98. The molecule has 1 unspecified atom stereocenters. The lowest BCUT2D eigenvalue weighted by Gasteiger charge is -2.23. The van der Waals surface area contributed by atoms with E-state index in [1.165, 1.54) is 61.1 Å². The van der Waals surface area contributed by atoms with E-state index in [0.717, 1.165) is 15.9 Å². The van der Waals surface area contributed by atoms with Crippen molar-refractivity contribution in [2.24, 2.45) is 0 Å². The molecule has 4 rings (SSSR count). The van der Waals surface area contributed by atoms with Crippen LogP contribution in [-0.2, 0) is 20.8 Å². The highest BCUT2D eigenvalue weighted by Gasteiger charge is 2.29. The molecule has 0 bridgehead atoms. The maximum Gasteiger partial charge on any atom is 0.332 e. The average Bonchev–Trinajstić information content (AvgIpc) is 3.58. The Kier molecular flexibility index (Phi) is 9.35. The van der Waals surface area contributed by atoms with Crippen molar-refractivity contribution in [3.8, 4) is 10.8 Å². The van der Waals surface area contributed by atoms with Crippen LogP contribution >= 0.6 is 11.3 Å². The monoisotopic (exact) mass is 588 g/mol. The molecule has 0 saturated heterocycles. The molecule has 220 valence electrons. The Labute approximate surface area is 239 Å². The van der Waals surface area contributed by atoms with E-state index >= 15 is 0 Å². The van der Waals surface area contributed by atoms with Crippen LogP contribution in [-0.4, -0.2) is 63.5 Å². The molecule has 3 aromatic heterocycles. The average molecular weight is 589 g/mol. The van der Waals surface area contributed by atoms with E-state index in [2.05, 4.69) is 15.5 Å². The van der Waals surface area contributed by atoms with Crippen molar-refractivity contribution >= 4 is 27.5 Å². The van der Waals surface area contributed by atoms with Gasteiger partial charge in [0.15, 0.2) is 0 Å². The fourth-order valence-electron chi connectivity index (χ4n) is 4.53. The summed E-state index contributed by atoms with van der Waals surface area (Å²) < 4.78 is 33.4. The molecule has 4 aromatic rings. The number of benzene rings is 1. The van der Waals surface area contributed by atoms with E-state index in [9.17, 15) is 18.8 Å². The minimum atomic E-state index is -1.12. The predicted octanol–water partition coefficient (Wildman–Crippen LogP) is 2.75. The van der Waals surface area contributed by atoms with E-state index in [1.54, 1.807) is 20.8 Å². The number of amides is 1. The van der Waals surface area contributed by atoms with E-state index in [0.29, 0.717) is 26.7 Å². The molecule has 2 atom stereocenters. The molecule has 0 saturated carbocycles. The van der Waals surface area contributed by atoms with E-state index in [-0.39, 0.29) is 31.2 Å². The smallest absolute Gasteiger partial charge is 0.332 e. The van der Waals surface area contributed by atoms with E-state index in [4.69, 9.17) is 14.2 Å². The Morgan fingerprint density at radius 2 is 1.83 bits per heavy atom. The Hall–Kier alpha value is -3.88. The fourth-order valence-corrected chi connectivity index (χ4v) is 5.75. The molecular weight excluding hydrogens is 555 g/mol. The summed E-state index contributed by atoms with van der Waals surface area (Å²) in [6, 6.07) is 2.71. The van der Waals surface area contributed by atoms with Crippen molar-refractivity contribution in [2.75, 3.05) is 27.4 Å². The molecule has 0 fully saturated rings. The minimum absolute atomic E-state index is 0.121. The number of nitrogens with zero attached hydrogens (tertiary/aromatic N) is 5. The molecule has 14 heteroatoms. The van der Waals surface area contributed by atoms with Crippen LogP contribution < -0.4 is 21.3 Å². The second kappa shape index (κ2) is 12.7. The van der Waals surface area contributed by atoms with Crippen LogP contribution in [0.4, 0.5) is 4.39 Å². The number of aryl methyl sites for hydroxylation is 1. The molecule has 1 N–H and O–H groups in total. The predicted molar refractivity (Wildman–Crippen MR) is 152 cm³/mol. The van der Waals surface area contributed by atoms with Crippen molar-refractivity contribution in [2.45, 2.75) is 52.4 Å². The lowest BCUT2D eigenvalue weighted by molar-refractivity contribution is -0.124. The van der Waals surface area contributed by atoms with Crippen LogP contribution in [0.5, 0.6) is 5.75 Å². The highest BCUT2D eigenvalue weighted by Crippen LogP contribution is 2.34. The summed E-state index contributed by atoms with van der Waals surface area (Å²) in [5, 5.41) is 11.9. The van der Waals surface area contributed by atoms with Crippen molar-refractivity contribution in [3.05, 3.63) is 68.4 Å². The van der Waals surface area contributed by atoms with Gasteiger partial charge < -0.3 is 19.5 Å². The van der Waals surface area contributed by atoms with E-state index < -0.39 is 35.1 Å². The summed E-state index contributed by atoms with van der Waals surface area (Å²) in [6.07, 6.45) is 2.13. The zero-order chi connectivity index (χ0) is 29.8. The number of methoxy groups -OCH3 is 2. The van der Waals surface area contributed by atoms with Crippen LogP contribution in [0.25, 0.3) is 15.2 Å². The van der Waals surface area contributed by atoms with Crippen molar-refractivity contribution in [3.63, 3.8) is 0 Å². The molecule has 1 amide bonds. The van der Waals surface area contributed by atoms with Crippen molar-refractivity contribution < 1.29 is 23.4 Å². The molecule has 0 aliphatic rings. The zero-order valence-corrected chi connectivity index (χ0v) is 24.5. The van der Waals surface area contributed by atoms with Gasteiger partial charge in [-0.1, -0.05) is 11.3 Å². The van der Waals surface area contributed by atoms with Gasteiger partial charge in [0, 0.05) is 24.3 Å². The maximum absolute atomic E-state index is 14.4. The van der Waals surface area contributed by atoms with Gasteiger partial charge in [0.25, 0.3) is 5.56 Å². The van der Waals surface area contributed by atoms with Crippen molar-refractivity contribution in [1.29, 1.82) is 0 Å². The summed E-state index contributed by atoms with van der Waals surface area (Å²) in [7, 11) is 2.97. The van der Waals surface area contributed by atoms with Gasteiger partial charge in [0.1, 0.15) is 33.5 Å². The number of thiophene rings is 1. The molecule has 0 spiro atoms. The Morgan fingerprint density at radius 1 is 1.12 bits per heavy atom. The van der Waals surface area contributed by atoms with Crippen molar-refractivity contribution in [1.82, 2.24) is 29.4 Å². The third-order valence-electron chi connectivity index (χ3n) is 6.51. The highest BCUT2D eigenvalue weighted by molar-refractivity contribution is 7.21. The lowest BCUT2D eigenvalue weighted by atomic mass is 10.1. The highest BCUT2D eigenvalue weighted by atomic mass is 32.1. The normalized spacial score (nSPS) is 13.1. The number of carbonyl (C=O) groups is 1. The number of carbonyl (C=O) groups excluding carboxylic acids is 1. The van der Waals surface area contributed by atoms with Gasteiger partial charge in [0.05, 0.1) is 44.6 Å². The molecular formula is C27H33FN6O6S. The van der Waals surface area contributed by atoms with Crippen LogP contribution in [0.3, 0.4) is 0 Å². The number of fused-ring (bicyclic) bond motifs is 1. The first kappa shape index (κ1) is 30.1. The minimum Gasteiger partial charge on any atom is -0.496 e. The summed E-state index contributed by atoms with van der Waals surface area (Å²) in [5.41, 5.74) is -0.412. The topological polar surface area (TPSA) is 132 Å². The van der Waals surface area contributed by atoms with Crippen LogP contribution in [0.2, 0.25) is 0 Å². The molecule has 3 heterocycles. The summed E-state index contributed by atoms with van der Waals surface area (Å²) in [6.45, 7) is 7.07. The van der Waals surface area contributed by atoms with Gasteiger partial charge in [-0.25, -0.2) is 13.8 Å². The van der Waals surface area contributed by atoms with Crippen LogP contribution in [0.1, 0.15) is 44.0 Å². The third kappa shape index (κ3) is 6.09. The van der Waals surface area contributed by atoms with Crippen LogP contribution in [0, 0.1) is 12.7 Å². The Bertz CT molecular complexity index is 1640. The largest absolute Gasteiger partial charge is 0.496 e. The quantitative estimate of drug-likeness (QED) is 0.250. The summed E-state index contributed by atoms with van der Waals surface area (Å²) >= 11 is 1.16. The maximum atomic E-state index is 14.4. The Morgan fingerprint density at radius 3 is 2.46 bits per heavy atom. The second-order valence-corrected chi connectivity index (χ2v) is 10.7. The first-order chi connectivity index (χ1) is 19.6. The molecule has 0 aliphatic carbocycles. The number of ether oxygens (including phenoxy) is 3. The molecule has 0 radical (unpaired) electrons. The number of hydrogen-bond donors (Lipinski definition) is 1. The van der Waals surface area contributed by atoms with Crippen LogP contribution in [0.15, 0.2) is 40.2 Å². The number of aromatic nitrogens is 5. The van der Waals surface area contributed by atoms with E-state index in [1.807, 2.05) is 0 Å². The second-order valence-electron chi connectivity index (χ2n) is 9.68. The molecule has 1 aromatic carbocycles. The van der Waals surface area contributed by atoms with Gasteiger partial charge >= 0.3 is 5.69 Å². The van der Waals surface area contributed by atoms with Gasteiger partial charge in [-0.05, 0) is 45.9 Å². The first-order valence-electron chi connectivity index (χ1n) is 13.0. The fraction of sp³-hybridized carbons (Fsp3) is 0.444. The number of hydrogen-bond acceptors (Lipinski definition) is 9. The van der Waals surface area contributed by atoms with Gasteiger partial charge in [0.2, 0.25) is 5.91 Å². The van der Waals surface area contributed by atoms with Gasteiger partial charge in [-0.15, -0.1) is 4.80 Å². The molecule has 12 nitrogen and oxygen atoms in total. The lowest BCUT2D eigenvalue weighted by Crippen LogP contribution is -2.47. The zero-order valence-electron chi connectivity index (χ0n) is 23.7. The molecule has 0 aliphatic heterocycles. The standard InChI is InChI=1S/C27H33FN6O6S/c1-15(2)31-23(35)17(4)33-24(36)22-16(3)25(34-29-9-10-30-34)41-26(22)32(27(33)37)14-21(40-12-11-38-5)19-13-18(28)7-8-20(19)39-6/h7-10,13,15,17,21H,11-12,14H2,1-6H3,(H,31,35)/t17?,21-/m0/s1. The number of nitrogens with one attached hydrogen (secondary N) is 1. The van der Waals surface area contributed by atoms with Gasteiger partial charge in [-0.3, -0.25) is 14.2 Å². The number of rotatable bonds is 12. The number of halogens is 1. The summed E-state index contributed by atoms with van der Waals surface area (Å²) in [4.78, 5) is 42.6. The summed E-state index contributed by atoms with van der Waals surface area (Å²) in [5.74, 6) is -0.631.